The fourth-order valence-corrected chi connectivity index (χ4v) is 2.15. The smallest absolute Gasteiger partial charge is 0.270 e. The van der Waals surface area contributed by atoms with Gasteiger partial charge in [-0.05, 0) is 6.07 Å². The monoisotopic (exact) mass is 241 g/mol. The summed E-state index contributed by atoms with van der Waals surface area (Å²) < 4.78 is 22.7. The summed E-state index contributed by atoms with van der Waals surface area (Å²) in [4.78, 5) is 9.97. The molecule has 1 N–H and O–H groups in total. The molecule has 0 spiro atoms. The first kappa shape index (κ1) is 10.6. The molecule has 0 fully saturated rings. The molecule has 0 aliphatic carbocycles. The maximum absolute atomic E-state index is 11.3. The van der Waals surface area contributed by atoms with E-state index in [9.17, 15) is 18.5 Å². The van der Waals surface area contributed by atoms with Crippen LogP contribution in [-0.2, 0) is 9.84 Å². The summed E-state index contributed by atoms with van der Waals surface area (Å²) in [5, 5.41) is 16.8. The van der Waals surface area contributed by atoms with Gasteiger partial charge in [-0.25, -0.2) is 8.42 Å². The third-order valence-electron chi connectivity index (χ3n) is 2.07. The minimum Gasteiger partial charge on any atom is -0.277 e. The number of hydrogen-bond donors (Lipinski definition) is 1. The number of nitro benzene ring substituents is 1. The third-order valence-corrected chi connectivity index (χ3v) is 3.09. The highest BCUT2D eigenvalue weighted by Crippen LogP contribution is 2.24. The van der Waals surface area contributed by atoms with E-state index in [0.717, 1.165) is 6.26 Å². The van der Waals surface area contributed by atoms with Gasteiger partial charge in [0.15, 0.2) is 14.9 Å². The zero-order valence-corrected chi connectivity index (χ0v) is 8.98. The largest absolute Gasteiger partial charge is 0.277 e. The third kappa shape index (κ3) is 1.63. The number of rotatable bonds is 2. The standard InChI is InChI=1S/C8H7N3O4S/c1-16(14,15)8-6-4-5(11(12)13)2-3-7(6)9-10-8/h2-4H,1H3,(H,9,10). The van der Waals surface area contributed by atoms with Gasteiger partial charge in [0.1, 0.15) is 0 Å². The van der Waals surface area contributed by atoms with Crippen molar-refractivity contribution < 1.29 is 13.3 Å². The Balaban J connectivity index is 2.80. The van der Waals surface area contributed by atoms with Gasteiger partial charge in [0, 0.05) is 23.8 Å². The molecule has 0 bridgehead atoms. The van der Waals surface area contributed by atoms with Crippen LogP contribution >= 0.6 is 0 Å². The lowest BCUT2D eigenvalue weighted by molar-refractivity contribution is -0.384. The number of non-ortho nitro benzene ring substituents is 1. The Bertz CT molecular complexity index is 674. The van der Waals surface area contributed by atoms with Crippen LogP contribution in [0.1, 0.15) is 0 Å². The first-order chi connectivity index (χ1) is 7.39. The van der Waals surface area contributed by atoms with Crippen molar-refractivity contribution in [2.24, 2.45) is 0 Å². The second kappa shape index (κ2) is 3.27. The molecule has 0 unspecified atom stereocenters. The lowest BCUT2D eigenvalue weighted by Gasteiger charge is -1.93. The first-order valence-electron chi connectivity index (χ1n) is 4.22. The van der Waals surface area contributed by atoms with Gasteiger partial charge in [0.05, 0.1) is 10.4 Å². The SMILES string of the molecule is CS(=O)(=O)c1n[nH]c2ccc([N+](=O)[O-])cc12. The Morgan fingerprint density at radius 3 is 2.69 bits per heavy atom. The summed E-state index contributed by atoms with van der Waals surface area (Å²) in [7, 11) is -3.49. The van der Waals surface area contributed by atoms with Crippen LogP contribution in [0.3, 0.4) is 0 Å². The van der Waals surface area contributed by atoms with E-state index in [4.69, 9.17) is 0 Å². The van der Waals surface area contributed by atoms with Crippen LogP contribution in [0.4, 0.5) is 5.69 Å². The van der Waals surface area contributed by atoms with E-state index >= 15 is 0 Å². The zero-order valence-electron chi connectivity index (χ0n) is 8.17. The molecule has 1 aromatic carbocycles. The first-order valence-corrected chi connectivity index (χ1v) is 6.11. The lowest BCUT2D eigenvalue weighted by Crippen LogP contribution is -1.98. The van der Waals surface area contributed by atoms with Crippen molar-refractivity contribution in [2.75, 3.05) is 6.26 Å². The molecule has 0 saturated carbocycles. The second-order valence-corrected chi connectivity index (χ2v) is 5.22. The molecule has 16 heavy (non-hydrogen) atoms. The van der Waals surface area contributed by atoms with Gasteiger partial charge >= 0.3 is 0 Å². The van der Waals surface area contributed by atoms with Crippen molar-refractivity contribution in [3.63, 3.8) is 0 Å². The minimum absolute atomic E-state index is 0.168. The number of hydrogen-bond acceptors (Lipinski definition) is 5. The zero-order chi connectivity index (χ0) is 11.9. The Labute approximate surface area is 90.2 Å². The quantitative estimate of drug-likeness (QED) is 0.620. The topological polar surface area (TPSA) is 106 Å². The maximum atomic E-state index is 11.3. The summed E-state index contributed by atoms with van der Waals surface area (Å²) in [6.45, 7) is 0. The van der Waals surface area contributed by atoms with Gasteiger partial charge < -0.3 is 0 Å². The summed E-state index contributed by atoms with van der Waals surface area (Å²) in [5.41, 5.74) is 0.282. The lowest BCUT2D eigenvalue weighted by atomic mass is 10.2. The summed E-state index contributed by atoms with van der Waals surface area (Å²) in [6, 6.07) is 3.90. The second-order valence-electron chi connectivity index (χ2n) is 3.29. The van der Waals surface area contributed by atoms with E-state index in [1.807, 2.05) is 0 Å². The number of benzene rings is 1. The number of fused-ring (bicyclic) bond motifs is 1. The molecule has 1 heterocycles. The Morgan fingerprint density at radius 1 is 1.44 bits per heavy atom. The Morgan fingerprint density at radius 2 is 2.12 bits per heavy atom. The molecule has 0 atom stereocenters. The molecule has 84 valence electrons. The number of sulfone groups is 1. The average molecular weight is 241 g/mol. The molecule has 2 aromatic rings. The molecule has 0 saturated heterocycles. The van der Waals surface area contributed by atoms with Crippen LogP contribution in [0, 0.1) is 10.1 Å². The normalized spacial score (nSPS) is 11.8. The summed E-state index contributed by atoms with van der Waals surface area (Å²) in [6.07, 6.45) is 1.00. The van der Waals surface area contributed by atoms with E-state index in [1.165, 1.54) is 18.2 Å². The molecular formula is C8H7N3O4S. The van der Waals surface area contributed by atoms with Crippen LogP contribution in [0.15, 0.2) is 23.2 Å². The predicted molar refractivity (Wildman–Crippen MR) is 55.9 cm³/mol. The number of aromatic amines is 1. The number of nitrogens with one attached hydrogen (secondary N) is 1. The molecule has 8 heteroatoms. The van der Waals surface area contributed by atoms with Gasteiger partial charge in [-0.3, -0.25) is 15.2 Å². The fourth-order valence-electron chi connectivity index (χ4n) is 1.37. The van der Waals surface area contributed by atoms with E-state index in [0.29, 0.717) is 5.52 Å². The fraction of sp³-hybridized carbons (Fsp3) is 0.125. The number of aromatic nitrogens is 2. The highest BCUT2D eigenvalue weighted by Gasteiger charge is 2.18. The van der Waals surface area contributed by atoms with Crippen molar-refractivity contribution in [2.45, 2.75) is 5.03 Å². The van der Waals surface area contributed by atoms with E-state index in [-0.39, 0.29) is 16.1 Å². The van der Waals surface area contributed by atoms with Crippen molar-refractivity contribution in [1.29, 1.82) is 0 Å². The molecule has 0 amide bonds. The Hall–Kier alpha value is -1.96. The van der Waals surface area contributed by atoms with Gasteiger partial charge in [-0.15, -0.1) is 0 Å². The van der Waals surface area contributed by atoms with Crippen LogP contribution < -0.4 is 0 Å². The highest BCUT2D eigenvalue weighted by atomic mass is 32.2. The number of nitro groups is 1. The van der Waals surface area contributed by atoms with E-state index < -0.39 is 14.8 Å². The molecule has 0 aliphatic heterocycles. The van der Waals surface area contributed by atoms with Crippen molar-refractivity contribution >= 4 is 26.4 Å². The van der Waals surface area contributed by atoms with Gasteiger partial charge in [-0.2, -0.15) is 5.10 Å². The summed E-state index contributed by atoms with van der Waals surface area (Å²) in [5.74, 6) is 0. The van der Waals surface area contributed by atoms with Crippen molar-refractivity contribution in [1.82, 2.24) is 10.2 Å². The summed E-state index contributed by atoms with van der Waals surface area (Å²) >= 11 is 0. The maximum Gasteiger partial charge on any atom is 0.270 e. The van der Waals surface area contributed by atoms with Gasteiger partial charge in [-0.1, -0.05) is 0 Å². The Kier molecular flexibility index (Phi) is 2.16. The van der Waals surface area contributed by atoms with Crippen molar-refractivity contribution in [3.8, 4) is 0 Å². The number of H-pyrrole nitrogens is 1. The van der Waals surface area contributed by atoms with Crippen molar-refractivity contribution in [3.05, 3.63) is 28.3 Å². The van der Waals surface area contributed by atoms with E-state index in [2.05, 4.69) is 10.2 Å². The minimum atomic E-state index is -3.49. The van der Waals surface area contributed by atoms with Crippen LogP contribution in [0.2, 0.25) is 0 Å². The molecule has 2 rings (SSSR count). The van der Waals surface area contributed by atoms with E-state index in [1.54, 1.807) is 0 Å². The molecule has 1 aromatic heterocycles. The molecule has 7 nitrogen and oxygen atoms in total. The molecule has 0 radical (unpaired) electrons. The molecule has 0 aliphatic rings. The average Bonchev–Trinajstić information content (AvgIpc) is 2.58. The molecular weight excluding hydrogens is 234 g/mol. The predicted octanol–water partition coefficient (Wildman–Crippen LogP) is 0.875. The highest BCUT2D eigenvalue weighted by molar-refractivity contribution is 7.90. The van der Waals surface area contributed by atoms with Crippen LogP contribution in [0.25, 0.3) is 10.9 Å². The van der Waals surface area contributed by atoms with Gasteiger partial charge in [0.25, 0.3) is 5.69 Å². The number of nitrogens with zero attached hydrogens (tertiary/aromatic N) is 2. The van der Waals surface area contributed by atoms with Gasteiger partial charge in [0.2, 0.25) is 0 Å². The van der Waals surface area contributed by atoms with Crippen LogP contribution in [0.5, 0.6) is 0 Å². The van der Waals surface area contributed by atoms with Crippen LogP contribution in [-0.4, -0.2) is 29.8 Å².